The van der Waals surface area contributed by atoms with E-state index in [1.165, 1.54) is 0 Å². The van der Waals surface area contributed by atoms with Crippen molar-refractivity contribution < 1.29 is 14.7 Å². The van der Waals surface area contributed by atoms with Gasteiger partial charge in [-0.15, -0.1) is 0 Å². The van der Waals surface area contributed by atoms with Gasteiger partial charge >= 0.3 is 5.97 Å². The van der Waals surface area contributed by atoms with E-state index in [2.05, 4.69) is 34.6 Å². The van der Waals surface area contributed by atoms with Crippen LogP contribution in [0.15, 0.2) is 79.1 Å². The Bertz CT molecular complexity index is 957. The minimum Gasteiger partial charge on any atom is -0.481 e. The molecule has 0 aliphatic carbocycles. The Hall–Kier alpha value is -3.47. The van der Waals surface area contributed by atoms with Gasteiger partial charge in [0.15, 0.2) is 0 Å². The number of aliphatic carboxylic acids is 1. The molecule has 0 bridgehead atoms. The molecule has 1 amide bonds. The SMILES string of the molecule is C[C@H](C[C@@H](Cc1ccc(-c2ccccc2)cc1)NC(=O)Cc1ccncc1)C(=O)O. The number of amides is 1. The van der Waals surface area contributed by atoms with E-state index in [0.717, 1.165) is 22.3 Å². The predicted octanol–water partition coefficient (Wildman–Crippen LogP) is 4.13. The van der Waals surface area contributed by atoms with Crippen molar-refractivity contribution in [1.82, 2.24) is 10.3 Å². The van der Waals surface area contributed by atoms with Crippen LogP contribution in [0.4, 0.5) is 0 Å². The Morgan fingerprint density at radius 2 is 1.53 bits per heavy atom. The van der Waals surface area contributed by atoms with Crippen molar-refractivity contribution in [3.63, 3.8) is 0 Å². The van der Waals surface area contributed by atoms with E-state index in [1.807, 2.05) is 30.3 Å². The van der Waals surface area contributed by atoms with Crippen molar-refractivity contribution >= 4 is 11.9 Å². The summed E-state index contributed by atoms with van der Waals surface area (Å²) >= 11 is 0. The number of carboxylic acids is 1. The molecule has 2 atom stereocenters. The molecule has 30 heavy (non-hydrogen) atoms. The van der Waals surface area contributed by atoms with Crippen LogP contribution in [0.5, 0.6) is 0 Å². The van der Waals surface area contributed by atoms with Crippen molar-refractivity contribution in [3.05, 3.63) is 90.3 Å². The molecule has 5 heteroatoms. The van der Waals surface area contributed by atoms with Crippen LogP contribution < -0.4 is 5.32 Å². The van der Waals surface area contributed by atoms with Crippen LogP contribution in [0, 0.1) is 5.92 Å². The van der Waals surface area contributed by atoms with Crippen molar-refractivity contribution in [2.45, 2.75) is 32.2 Å². The quantitative estimate of drug-likeness (QED) is 0.564. The molecule has 3 aromatic rings. The number of benzene rings is 2. The number of rotatable bonds is 9. The highest BCUT2D eigenvalue weighted by Gasteiger charge is 2.20. The van der Waals surface area contributed by atoms with Crippen LogP contribution in [-0.2, 0) is 22.4 Å². The molecule has 0 aliphatic rings. The molecule has 0 spiro atoms. The third-order valence-electron chi connectivity index (χ3n) is 5.08. The Kier molecular flexibility index (Phi) is 7.33. The molecular formula is C25H26N2O3. The van der Waals surface area contributed by atoms with Gasteiger partial charge in [0.05, 0.1) is 12.3 Å². The van der Waals surface area contributed by atoms with Gasteiger partial charge in [-0.2, -0.15) is 0 Å². The average molecular weight is 402 g/mol. The number of nitrogens with one attached hydrogen (secondary N) is 1. The first-order valence-electron chi connectivity index (χ1n) is 10.1. The maximum absolute atomic E-state index is 12.5. The number of hydrogen-bond acceptors (Lipinski definition) is 3. The Morgan fingerprint density at radius 1 is 0.900 bits per heavy atom. The maximum Gasteiger partial charge on any atom is 0.306 e. The summed E-state index contributed by atoms with van der Waals surface area (Å²) in [5.74, 6) is -1.52. The highest BCUT2D eigenvalue weighted by atomic mass is 16.4. The van der Waals surface area contributed by atoms with Crippen LogP contribution in [0.1, 0.15) is 24.5 Å². The molecule has 154 valence electrons. The first-order valence-corrected chi connectivity index (χ1v) is 10.1. The standard InChI is InChI=1S/C25H26N2O3/c1-18(25(29)30)15-23(27-24(28)17-20-11-13-26-14-12-20)16-19-7-9-22(10-8-19)21-5-3-2-4-6-21/h2-14,18,23H,15-17H2,1H3,(H,27,28)(H,29,30)/t18-,23+/m1/s1. The molecular weight excluding hydrogens is 376 g/mol. The lowest BCUT2D eigenvalue weighted by Crippen LogP contribution is -2.39. The highest BCUT2D eigenvalue weighted by molar-refractivity contribution is 5.79. The van der Waals surface area contributed by atoms with Crippen molar-refractivity contribution in [1.29, 1.82) is 0 Å². The molecule has 2 N–H and O–H groups in total. The van der Waals surface area contributed by atoms with E-state index in [0.29, 0.717) is 12.8 Å². The molecule has 0 fully saturated rings. The first-order chi connectivity index (χ1) is 14.5. The fourth-order valence-corrected chi connectivity index (χ4v) is 3.43. The van der Waals surface area contributed by atoms with Crippen molar-refractivity contribution in [3.8, 4) is 11.1 Å². The minimum absolute atomic E-state index is 0.121. The van der Waals surface area contributed by atoms with Gasteiger partial charge in [0.1, 0.15) is 0 Å². The lowest BCUT2D eigenvalue weighted by molar-refractivity contribution is -0.141. The van der Waals surface area contributed by atoms with Crippen LogP contribution in [0.2, 0.25) is 0 Å². The number of aromatic nitrogens is 1. The molecule has 1 aromatic heterocycles. The third kappa shape index (κ3) is 6.27. The van der Waals surface area contributed by atoms with E-state index in [-0.39, 0.29) is 18.4 Å². The smallest absolute Gasteiger partial charge is 0.306 e. The third-order valence-corrected chi connectivity index (χ3v) is 5.08. The molecule has 0 saturated carbocycles. The molecule has 2 aromatic carbocycles. The average Bonchev–Trinajstić information content (AvgIpc) is 2.75. The fraction of sp³-hybridized carbons (Fsp3) is 0.240. The van der Waals surface area contributed by atoms with Gasteiger partial charge < -0.3 is 10.4 Å². The number of carbonyl (C=O) groups excluding carboxylic acids is 1. The second-order valence-corrected chi connectivity index (χ2v) is 7.54. The fourth-order valence-electron chi connectivity index (χ4n) is 3.43. The monoisotopic (exact) mass is 402 g/mol. The minimum atomic E-state index is -0.859. The zero-order valence-corrected chi connectivity index (χ0v) is 17.0. The Balaban J connectivity index is 1.68. The molecule has 5 nitrogen and oxygen atoms in total. The summed E-state index contributed by atoms with van der Waals surface area (Å²) in [6, 6.07) is 21.7. The summed E-state index contributed by atoms with van der Waals surface area (Å²) in [6.07, 6.45) is 4.50. The molecule has 0 unspecified atom stereocenters. The predicted molar refractivity (Wildman–Crippen MR) is 117 cm³/mol. The van der Waals surface area contributed by atoms with E-state index in [9.17, 15) is 14.7 Å². The van der Waals surface area contributed by atoms with Gasteiger partial charge in [-0.05, 0) is 47.2 Å². The zero-order valence-electron chi connectivity index (χ0n) is 17.0. The van der Waals surface area contributed by atoms with Crippen LogP contribution in [-0.4, -0.2) is 28.0 Å². The number of hydrogen-bond donors (Lipinski definition) is 2. The largest absolute Gasteiger partial charge is 0.481 e. The van der Waals surface area contributed by atoms with E-state index in [1.54, 1.807) is 31.5 Å². The molecule has 0 radical (unpaired) electrons. The number of carbonyl (C=O) groups is 2. The maximum atomic E-state index is 12.5. The highest BCUT2D eigenvalue weighted by Crippen LogP contribution is 2.20. The lowest BCUT2D eigenvalue weighted by atomic mass is 9.94. The second kappa shape index (κ2) is 10.3. The van der Waals surface area contributed by atoms with Gasteiger partial charge in [0.2, 0.25) is 5.91 Å². The molecule has 3 rings (SSSR count). The van der Waals surface area contributed by atoms with Gasteiger partial charge in [0, 0.05) is 18.4 Å². The van der Waals surface area contributed by atoms with E-state index in [4.69, 9.17) is 0 Å². The Morgan fingerprint density at radius 3 is 2.17 bits per heavy atom. The molecule has 0 saturated heterocycles. The number of carboxylic acid groups (broad SMARTS) is 1. The van der Waals surface area contributed by atoms with Crippen molar-refractivity contribution in [2.75, 3.05) is 0 Å². The molecule has 0 aliphatic heterocycles. The van der Waals surface area contributed by atoms with Gasteiger partial charge in [-0.1, -0.05) is 61.5 Å². The number of pyridine rings is 1. The second-order valence-electron chi connectivity index (χ2n) is 7.54. The lowest BCUT2D eigenvalue weighted by Gasteiger charge is -2.21. The van der Waals surface area contributed by atoms with E-state index < -0.39 is 11.9 Å². The van der Waals surface area contributed by atoms with Crippen molar-refractivity contribution in [2.24, 2.45) is 5.92 Å². The Labute approximate surface area is 176 Å². The number of nitrogens with zero attached hydrogens (tertiary/aromatic N) is 1. The summed E-state index contributed by atoms with van der Waals surface area (Å²) in [6.45, 7) is 1.67. The van der Waals surface area contributed by atoms with Crippen LogP contribution in [0.3, 0.4) is 0 Å². The topological polar surface area (TPSA) is 79.3 Å². The van der Waals surface area contributed by atoms with Crippen LogP contribution in [0.25, 0.3) is 11.1 Å². The molecule has 1 heterocycles. The summed E-state index contributed by atoms with van der Waals surface area (Å²) < 4.78 is 0. The van der Waals surface area contributed by atoms with Gasteiger partial charge in [-0.25, -0.2) is 0 Å². The van der Waals surface area contributed by atoms with Crippen LogP contribution >= 0.6 is 0 Å². The van der Waals surface area contributed by atoms with Gasteiger partial charge in [-0.3, -0.25) is 14.6 Å². The zero-order chi connectivity index (χ0) is 21.3. The van der Waals surface area contributed by atoms with Gasteiger partial charge in [0.25, 0.3) is 0 Å². The summed E-state index contributed by atoms with van der Waals surface area (Å²) in [4.78, 5) is 27.8. The summed E-state index contributed by atoms with van der Waals surface area (Å²) in [7, 11) is 0. The summed E-state index contributed by atoms with van der Waals surface area (Å²) in [5, 5.41) is 12.3. The normalized spacial score (nSPS) is 12.7. The first kappa shape index (κ1) is 21.2. The van der Waals surface area contributed by atoms with E-state index >= 15 is 0 Å². The summed E-state index contributed by atoms with van der Waals surface area (Å²) in [5.41, 5.74) is 4.20.